The SMILES string of the molecule is O=C(CNC(=O)c1ccco1)N/N=C\c1ccc(OC(=O)c2ccccc2Br)cc1. The van der Waals surface area contributed by atoms with Crippen LogP contribution in [0.25, 0.3) is 0 Å². The van der Waals surface area contributed by atoms with Gasteiger partial charge in [-0.1, -0.05) is 12.1 Å². The van der Waals surface area contributed by atoms with Gasteiger partial charge in [-0.3, -0.25) is 9.59 Å². The molecule has 30 heavy (non-hydrogen) atoms. The zero-order valence-corrected chi connectivity index (χ0v) is 17.1. The molecule has 2 amide bonds. The fraction of sp³-hybridized carbons (Fsp3) is 0.0476. The van der Waals surface area contributed by atoms with Crippen LogP contribution in [0.1, 0.15) is 26.5 Å². The average molecular weight is 470 g/mol. The monoisotopic (exact) mass is 469 g/mol. The van der Waals surface area contributed by atoms with E-state index in [1.807, 2.05) is 0 Å². The highest BCUT2D eigenvalue weighted by Crippen LogP contribution is 2.19. The van der Waals surface area contributed by atoms with Crippen LogP contribution in [0.3, 0.4) is 0 Å². The molecule has 8 nitrogen and oxygen atoms in total. The van der Waals surface area contributed by atoms with Crippen LogP contribution in [0.15, 0.2) is 80.9 Å². The van der Waals surface area contributed by atoms with E-state index in [-0.39, 0.29) is 12.3 Å². The Bertz CT molecular complexity index is 1060. The summed E-state index contributed by atoms with van der Waals surface area (Å²) in [6.45, 7) is -0.249. The molecule has 3 aromatic rings. The number of carbonyl (C=O) groups excluding carboxylic acids is 3. The van der Waals surface area contributed by atoms with E-state index in [0.29, 0.717) is 21.3 Å². The molecular formula is C21H16BrN3O5. The summed E-state index contributed by atoms with van der Waals surface area (Å²) in [6.07, 6.45) is 2.79. The second-order valence-electron chi connectivity index (χ2n) is 5.89. The van der Waals surface area contributed by atoms with E-state index in [9.17, 15) is 14.4 Å². The minimum Gasteiger partial charge on any atom is -0.459 e. The predicted molar refractivity (Wildman–Crippen MR) is 112 cm³/mol. The maximum Gasteiger partial charge on any atom is 0.344 e. The number of furan rings is 1. The highest BCUT2D eigenvalue weighted by molar-refractivity contribution is 9.10. The minimum atomic E-state index is -0.495. The van der Waals surface area contributed by atoms with Gasteiger partial charge in [-0.05, 0) is 70.0 Å². The number of benzene rings is 2. The molecule has 0 radical (unpaired) electrons. The minimum absolute atomic E-state index is 0.117. The maximum absolute atomic E-state index is 12.2. The van der Waals surface area contributed by atoms with Crippen LogP contribution in [0.5, 0.6) is 5.75 Å². The zero-order chi connectivity index (χ0) is 21.3. The molecule has 1 aromatic heterocycles. The van der Waals surface area contributed by atoms with Crippen molar-refractivity contribution in [3.63, 3.8) is 0 Å². The van der Waals surface area contributed by atoms with Crippen molar-refractivity contribution < 1.29 is 23.5 Å². The number of ether oxygens (including phenoxy) is 1. The van der Waals surface area contributed by atoms with E-state index in [1.165, 1.54) is 18.5 Å². The van der Waals surface area contributed by atoms with E-state index < -0.39 is 17.8 Å². The first-order valence-electron chi connectivity index (χ1n) is 8.73. The molecular weight excluding hydrogens is 454 g/mol. The number of hydrogen-bond acceptors (Lipinski definition) is 6. The first kappa shape index (κ1) is 21.0. The van der Waals surface area contributed by atoms with Crippen molar-refractivity contribution >= 4 is 39.9 Å². The lowest BCUT2D eigenvalue weighted by Crippen LogP contribution is -2.34. The third-order valence-electron chi connectivity index (χ3n) is 3.74. The van der Waals surface area contributed by atoms with Gasteiger partial charge in [0.1, 0.15) is 5.75 Å². The molecule has 0 aliphatic heterocycles. The van der Waals surface area contributed by atoms with Gasteiger partial charge in [0.05, 0.1) is 24.6 Å². The number of rotatable bonds is 7. The Hall–Kier alpha value is -3.72. The number of hydrazone groups is 1. The van der Waals surface area contributed by atoms with Crippen LogP contribution in [0.2, 0.25) is 0 Å². The van der Waals surface area contributed by atoms with E-state index in [4.69, 9.17) is 9.15 Å². The number of hydrogen-bond donors (Lipinski definition) is 2. The van der Waals surface area contributed by atoms with Gasteiger partial charge in [0.15, 0.2) is 5.76 Å². The molecule has 0 atom stereocenters. The van der Waals surface area contributed by atoms with E-state index in [0.717, 1.165) is 0 Å². The normalized spacial score (nSPS) is 10.6. The molecule has 0 unspecified atom stereocenters. The molecule has 0 aliphatic carbocycles. The molecule has 0 spiro atoms. The average Bonchev–Trinajstić information content (AvgIpc) is 3.28. The lowest BCUT2D eigenvalue weighted by molar-refractivity contribution is -0.120. The second kappa shape index (κ2) is 10.2. The molecule has 0 aliphatic rings. The number of halogens is 1. The topological polar surface area (TPSA) is 110 Å². The summed E-state index contributed by atoms with van der Waals surface area (Å²) < 4.78 is 10.9. The molecule has 9 heteroatoms. The number of nitrogens with zero attached hydrogens (tertiary/aromatic N) is 1. The highest BCUT2D eigenvalue weighted by atomic mass is 79.9. The van der Waals surface area contributed by atoms with Gasteiger partial charge in [-0.2, -0.15) is 5.10 Å². The maximum atomic E-state index is 12.2. The van der Waals surface area contributed by atoms with Gasteiger partial charge < -0.3 is 14.5 Å². The molecule has 0 saturated carbocycles. The van der Waals surface area contributed by atoms with Crippen LogP contribution in [-0.2, 0) is 4.79 Å². The number of nitrogens with one attached hydrogen (secondary N) is 2. The van der Waals surface area contributed by atoms with Gasteiger partial charge in [-0.25, -0.2) is 10.2 Å². The standard InChI is InChI=1S/C21H16BrN3O5/c22-17-5-2-1-4-16(17)21(28)30-15-9-7-14(8-10-15)12-24-25-19(26)13-23-20(27)18-6-3-11-29-18/h1-12H,13H2,(H,23,27)(H,25,26)/b24-12-. The van der Waals surface area contributed by atoms with Crippen LogP contribution in [-0.4, -0.2) is 30.5 Å². The van der Waals surface area contributed by atoms with Gasteiger partial charge in [0.2, 0.25) is 0 Å². The van der Waals surface area contributed by atoms with Gasteiger partial charge >= 0.3 is 5.97 Å². The van der Waals surface area contributed by atoms with Crippen molar-refractivity contribution in [1.29, 1.82) is 0 Å². The third kappa shape index (κ3) is 5.89. The molecule has 2 N–H and O–H groups in total. The summed E-state index contributed by atoms with van der Waals surface area (Å²) in [5.41, 5.74) is 3.40. The summed E-state index contributed by atoms with van der Waals surface area (Å²) in [5, 5.41) is 6.22. The zero-order valence-electron chi connectivity index (χ0n) is 15.5. The second-order valence-corrected chi connectivity index (χ2v) is 6.75. The van der Waals surface area contributed by atoms with Crippen LogP contribution < -0.4 is 15.5 Å². The molecule has 2 aromatic carbocycles. The highest BCUT2D eigenvalue weighted by Gasteiger charge is 2.12. The van der Waals surface area contributed by atoms with Crippen LogP contribution in [0.4, 0.5) is 0 Å². The van der Waals surface area contributed by atoms with Gasteiger partial charge in [0, 0.05) is 4.47 Å². The lowest BCUT2D eigenvalue weighted by Gasteiger charge is -2.06. The summed E-state index contributed by atoms with van der Waals surface area (Å²) in [5.74, 6) is -0.978. The fourth-order valence-corrected chi connectivity index (χ4v) is 2.73. The van der Waals surface area contributed by atoms with Crippen molar-refractivity contribution in [2.75, 3.05) is 6.54 Å². The smallest absolute Gasteiger partial charge is 0.344 e. The Labute approximate surface area is 180 Å². The summed E-state index contributed by atoms with van der Waals surface area (Å²) in [4.78, 5) is 35.6. The Morgan fingerprint density at radius 2 is 1.80 bits per heavy atom. The molecule has 0 fully saturated rings. The quantitative estimate of drug-likeness (QED) is 0.239. The van der Waals surface area contributed by atoms with Crippen molar-refractivity contribution in [3.05, 3.63) is 88.3 Å². The van der Waals surface area contributed by atoms with Crippen LogP contribution in [0, 0.1) is 0 Å². The number of carbonyl (C=O) groups is 3. The van der Waals surface area contributed by atoms with E-state index >= 15 is 0 Å². The van der Waals surface area contributed by atoms with Crippen molar-refractivity contribution in [3.8, 4) is 5.75 Å². The molecule has 152 valence electrons. The third-order valence-corrected chi connectivity index (χ3v) is 4.43. The number of amides is 2. The Balaban J connectivity index is 1.46. The largest absolute Gasteiger partial charge is 0.459 e. The molecule has 0 saturated heterocycles. The van der Waals surface area contributed by atoms with E-state index in [2.05, 4.69) is 31.8 Å². The number of esters is 1. The molecule has 1 heterocycles. The fourth-order valence-electron chi connectivity index (χ4n) is 2.28. The van der Waals surface area contributed by atoms with Gasteiger partial charge in [-0.15, -0.1) is 0 Å². The Morgan fingerprint density at radius 3 is 2.50 bits per heavy atom. The predicted octanol–water partition coefficient (Wildman–Crippen LogP) is 3.14. The Morgan fingerprint density at radius 1 is 1.03 bits per heavy atom. The Kier molecular flexibility index (Phi) is 7.12. The first-order chi connectivity index (χ1) is 14.5. The summed E-state index contributed by atoms with van der Waals surface area (Å²) in [7, 11) is 0. The summed E-state index contributed by atoms with van der Waals surface area (Å²) >= 11 is 3.31. The molecule has 0 bridgehead atoms. The lowest BCUT2D eigenvalue weighted by atomic mass is 10.2. The van der Waals surface area contributed by atoms with Gasteiger partial charge in [0.25, 0.3) is 11.8 Å². The summed E-state index contributed by atoms with van der Waals surface area (Å²) in [6, 6.07) is 16.6. The van der Waals surface area contributed by atoms with Crippen LogP contribution >= 0.6 is 15.9 Å². The van der Waals surface area contributed by atoms with Crippen molar-refractivity contribution in [2.24, 2.45) is 5.10 Å². The van der Waals surface area contributed by atoms with E-state index in [1.54, 1.807) is 54.6 Å². The van der Waals surface area contributed by atoms with Crippen molar-refractivity contribution in [2.45, 2.75) is 0 Å². The van der Waals surface area contributed by atoms with Crippen molar-refractivity contribution in [1.82, 2.24) is 10.7 Å². The molecule has 3 rings (SSSR count). The first-order valence-corrected chi connectivity index (χ1v) is 9.52.